The fraction of sp³-hybridized carbons (Fsp3) is 0.400. The van der Waals surface area contributed by atoms with Crippen molar-refractivity contribution in [3.63, 3.8) is 0 Å². The van der Waals surface area contributed by atoms with E-state index in [1.54, 1.807) is 0 Å². The monoisotopic (exact) mass is 259 g/mol. The first kappa shape index (κ1) is 13.8. The minimum absolute atomic E-state index is 0.842. The lowest BCUT2D eigenvalue weighted by atomic mass is 10.2. The number of hydrogen-bond acceptors (Lipinski definition) is 4. The molecule has 2 rings (SSSR count). The third kappa shape index (κ3) is 4.50. The Balaban J connectivity index is 1.78. The lowest BCUT2D eigenvalue weighted by Crippen LogP contribution is -2.20. The summed E-state index contributed by atoms with van der Waals surface area (Å²) in [4.78, 5) is 6.29. The summed E-state index contributed by atoms with van der Waals surface area (Å²) in [5.74, 6) is 1.02. The zero-order chi connectivity index (χ0) is 13.5. The van der Waals surface area contributed by atoms with Crippen LogP contribution in [0.5, 0.6) is 0 Å². The molecule has 0 fully saturated rings. The summed E-state index contributed by atoms with van der Waals surface area (Å²) in [7, 11) is 4.05. The van der Waals surface area contributed by atoms with E-state index in [4.69, 9.17) is 4.42 Å². The number of aromatic nitrogens is 1. The lowest BCUT2D eigenvalue weighted by molar-refractivity contribution is 0.298. The van der Waals surface area contributed by atoms with Gasteiger partial charge in [-0.2, -0.15) is 0 Å². The van der Waals surface area contributed by atoms with E-state index in [2.05, 4.69) is 40.4 Å². The maximum absolute atomic E-state index is 5.55. The minimum Gasteiger partial charge on any atom is -0.468 e. The van der Waals surface area contributed by atoms with Gasteiger partial charge >= 0.3 is 0 Å². The first-order valence-electron chi connectivity index (χ1n) is 6.56. The Morgan fingerprint density at radius 2 is 2.05 bits per heavy atom. The van der Waals surface area contributed by atoms with Gasteiger partial charge in [-0.3, -0.25) is 9.88 Å². The maximum atomic E-state index is 5.55. The molecule has 0 atom stereocenters. The fourth-order valence-corrected chi connectivity index (χ4v) is 2.02. The van der Waals surface area contributed by atoms with Crippen LogP contribution < -0.4 is 5.32 Å². The molecule has 0 saturated carbocycles. The Morgan fingerprint density at radius 1 is 1.26 bits per heavy atom. The van der Waals surface area contributed by atoms with E-state index in [1.165, 1.54) is 11.1 Å². The third-order valence-corrected chi connectivity index (χ3v) is 3.05. The van der Waals surface area contributed by atoms with E-state index in [-0.39, 0.29) is 0 Å². The molecule has 19 heavy (non-hydrogen) atoms. The minimum atomic E-state index is 0.842. The molecule has 0 aliphatic rings. The van der Waals surface area contributed by atoms with Crippen molar-refractivity contribution in [3.8, 4) is 0 Å². The quantitative estimate of drug-likeness (QED) is 0.826. The molecule has 2 aromatic heterocycles. The number of pyridine rings is 1. The van der Waals surface area contributed by atoms with Gasteiger partial charge in [-0.1, -0.05) is 0 Å². The molecule has 0 aromatic carbocycles. The summed E-state index contributed by atoms with van der Waals surface area (Å²) in [5.41, 5.74) is 2.51. The first-order chi connectivity index (χ1) is 9.28. The average Bonchev–Trinajstić information content (AvgIpc) is 2.85. The SMILES string of the molecule is CNCc1coc(CN(C)CCc2ccncc2)c1. The second-order valence-corrected chi connectivity index (χ2v) is 4.79. The second-order valence-electron chi connectivity index (χ2n) is 4.79. The van der Waals surface area contributed by atoms with Crippen molar-refractivity contribution in [2.75, 3.05) is 20.6 Å². The van der Waals surface area contributed by atoms with Crippen molar-refractivity contribution in [2.45, 2.75) is 19.5 Å². The van der Waals surface area contributed by atoms with Crippen molar-refractivity contribution < 1.29 is 4.42 Å². The number of rotatable bonds is 7. The normalized spacial score (nSPS) is 11.1. The Bertz CT molecular complexity index is 481. The molecule has 0 aliphatic heterocycles. The Kier molecular flexibility index (Phi) is 5.12. The van der Waals surface area contributed by atoms with E-state index < -0.39 is 0 Å². The van der Waals surface area contributed by atoms with Gasteiger partial charge in [-0.05, 0) is 44.3 Å². The van der Waals surface area contributed by atoms with Gasteiger partial charge in [0.2, 0.25) is 0 Å². The van der Waals surface area contributed by atoms with Crippen molar-refractivity contribution in [3.05, 3.63) is 53.7 Å². The molecule has 0 unspecified atom stereocenters. The van der Waals surface area contributed by atoms with Crippen LogP contribution >= 0.6 is 0 Å². The average molecular weight is 259 g/mol. The standard InChI is InChI=1S/C15H21N3O/c1-16-10-14-9-15(19-12-14)11-18(2)8-5-13-3-6-17-7-4-13/h3-4,6-7,9,12,16H,5,8,10-11H2,1-2H3. The Morgan fingerprint density at radius 3 is 2.79 bits per heavy atom. The van der Waals surface area contributed by atoms with E-state index in [0.29, 0.717) is 0 Å². The molecular formula is C15H21N3O. The van der Waals surface area contributed by atoms with Crippen LogP contribution in [0.1, 0.15) is 16.9 Å². The van der Waals surface area contributed by atoms with Gasteiger partial charge < -0.3 is 9.73 Å². The third-order valence-electron chi connectivity index (χ3n) is 3.05. The highest BCUT2D eigenvalue weighted by Gasteiger charge is 2.05. The molecule has 0 radical (unpaired) electrons. The van der Waals surface area contributed by atoms with Crippen LogP contribution in [0.25, 0.3) is 0 Å². The smallest absolute Gasteiger partial charge is 0.118 e. The fourth-order valence-electron chi connectivity index (χ4n) is 2.02. The number of nitrogens with zero attached hydrogens (tertiary/aromatic N) is 2. The predicted molar refractivity (Wildman–Crippen MR) is 75.7 cm³/mol. The molecule has 0 amide bonds. The first-order valence-corrected chi connectivity index (χ1v) is 6.56. The molecule has 0 saturated heterocycles. The molecule has 4 nitrogen and oxygen atoms in total. The zero-order valence-electron chi connectivity index (χ0n) is 11.6. The van der Waals surface area contributed by atoms with E-state index in [1.807, 2.05) is 25.7 Å². The lowest BCUT2D eigenvalue weighted by Gasteiger charge is -2.14. The molecule has 0 spiro atoms. The molecule has 4 heteroatoms. The van der Waals surface area contributed by atoms with Gasteiger partial charge in [-0.15, -0.1) is 0 Å². The number of likely N-dealkylation sites (N-methyl/N-ethyl adjacent to an activating group) is 1. The van der Waals surface area contributed by atoms with E-state index in [0.717, 1.165) is 31.8 Å². The summed E-state index contributed by atoms with van der Waals surface area (Å²) in [6, 6.07) is 6.23. The topological polar surface area (TPSA) is 41.3 Å². The highest BCUT2D eigenvalue weighted by molar-refractivity contribution is 5.13. The van der Waals surface area contributed by atoms with Crippen LogP contribution in [0.15, 0.2) is 41.3 Å². The highest BCUT2D eigenvalue weighted by Crippen LogP contribution is 2.10. The van der Waals surface area contributed by atoms with E-state index in [9.17, 15) is 0 Å². The molecule has 2 heterocycles. The Labute approximate surface area is 114 Å². The molecule has 0 bridgehead atoms. The predicted octanol–water partition coefficient (Wildman–Crippen LogP) is 2.07. The van der Waals surface area contributed by atoms with Gasteiger partial charge in [0.05, 0.1) is 12.8 Å². The zero-order valence-corrected chi connectivity index (χ0v) is 11.6. The molecular weight excluding hydrogens is 238 g/mol. The number of hydrogen-bond donors (Lipinski definition) is 1. The van der Waals surface area contributed by atoms with Gasteiger partial charge in [-0.25, -0.2) is 0 Å². The van der Waals surface area contributed by atoms with Crippen LogP contribution in [-0.2, 0) is 19.5 Å². The maximum Gasteiger partial charge on any atom is 0.118 e. The molecule has 102 valence electrons. The molecule has 1 N–H and O–H groups in total. The van der Waals surface area contributed by atoms with Crippen LogP contribution in [-0.4, -0.2) is 30.5 Å². The molecule has 2 aromatic rings. The summed E-state index contributed by atoms with van der Waals surface area (Å²) >= 11 is 0. The number of furan rings is 1. The Hall–Kier alpha value is -1.65. The summed E-state index contributed by atoms with van der Waals surface area (Å²) < 4.78 is 5.55. The van der Waals surface area contributed by atoms with Crippen LogP contribution in [0.3, 0.4) is 0 Å². The van der Waals surface area contributed by atoms with Crippen LogP contribution in [0.4, 0.5) is 0 Å². The second kappa shape index (κ2) is 7.07. The van der Waals surface area contributed by atoms with Crippen molar-refractivity contribution in [1.82, 2.24) is 15.2 Å². The van der Waals surface area contributed by atoms with Gasteiger partial charge in [0.15, 0.2) is 0 Å². The summed E-state index contributed by atoms with van der Waals surface area (Å²) in [5, 5.41) is 3.12. The summed E-state index contributed by atoms with van der Waals surface area (Å²) in [6.07, 6.45) is 6.53. The van der Waals surface area contributed by atoms with Crippen molar-refractivity contribution >= 4 is 0 Å². The van der Waals surface area contributed by atoms with Crippen molar-refractivity contribution in [1.29, 1.82) is 0 Å². The van der Waals surface area contributed by atoms with Gasteiger partial charge in [0, 0.05) is 31.0 Å². The van der Waals surface area contributed by atoms with E-state index >= 15 is 0 Å². The van der Waals surface area contributed by atoms with Gasteiger partial charge in [0.1, 0.15) is 5.76 Å². The van der Waals surface area contributed by atoms with Crippen LogP contribution in [0, 0.1) is 0 Å². The van der Waals surface area contributed by atoms with Crippen molar-refractivity contribution in [2.24, 2.45) is 0 Å². The summed E-state index contributed by atoms with van der Waals surface area (Å²) in [6.45, 7) is 2.70. The highest BCUT2D eigenvalue weighted by atomic mass is 16.3. The number of nitrogens with one attached hydrogen (secondary N) is 1. The van der Waals surface area contributed by atoms with Crippen LogP contribution in [0.2, 0.25) is 0 Å². The largest absolute Gasteiger partial charge is 0.468 e. The van der Waals surface area contributed by atoms with Gasteiger partial charge in [0.25, 0.3) is 0 Å². The molecule has 0 aliphatic carbocycles.